The van der Waals surface area contributed by atoms with Crippen LogP contribution >= 0.6 is 15.9 Å². The number of hydrogen-bond acceptors (Lipinski definition) is 1. The lowest BCUT2D eigenvalue weighted by Crippen LogP contribution is -2.24. The van der Waals surface area contributed by atoms with Gasteiger partial charge in [-0.1, -0.05) is 28.8 Å². The minimum absolute atomic E-state index is 0.224. The van der Waals surface area contributed by atoms with E-state index in [2.05, 4.69) is 21.2 Å². The molecule has 82 valence electrons. The van der Waals surface area contributed by atoms with Gasteiger partial charge in [0.05, 0.1) is 0 Å². The van der Waals surface area contributed by atoms with Crippen LogP contribution < -0.4 is 5.32 Å². The van der Waals surface area contributed by atoms with Crippen LogP contribution in [0.1, 0.15) is 44.9 Å². The van der Waals surface area contributed by atoms with E-state index in [9.17, 15) is 4.79 Å². The summed E-state index contributed by atoms with van der Waals surface area (Å²) in [5.41, 5.74) is 0. The molecule has 1 amide bonds. The highest BCUT2D eigenvalue weighted by atomic mass is 79.9. The fourth-order valence-corrected chi connectivity index (χ4v) is 1.89. The van der Waals surface area contributed by atoms with E-state index in [0.717, 1.165) is 37.1 Å². The number of alkyl halides is 1. The zero-order valence-electron chi connectivity index (χ0n) is 8.73. The normalized spacial score (nSPS) is 15.5. The monoisotopic (exact) mass is 261 g/mol. The second-order valence-corrected chi connectivity index (χ2v) is 4.87. The fraction of sp³-hybridized carbons (Fsp3) is 0.909. The number of amides is 1. The summed E-state index contributed by atoms with van der Waals surface area (Å²) in [6.45, 7) is 0.879. The van der Waals surface area contributed by atoms with E-state index < -0.39 is 0 Å². The molecule has 1 N–H and O–H groups in total. The molecule has 0 heterocycles. The average Bonchev–Trinajstić information content (AvgIpc) is 2.97. The highest BCUT2D eigenvalue weighted by molar-refractivity contribution is 9.09. The van der Waals surface area contributed by atoms with Crippen molar-refractivity contribution in [2.75, 3.05) is 11.9 Å². The Balaban J connectivity index is 1.81. The number of hydrogen-bond donors (Lipinski definition) is 1. The standard InChI is InChI=1S/C11H20BrNO/c12-8-2-1-5-11(14)13-9-3-4-10-6-7-10/h10H,1-9H2,(H,13,14). The Bertz CT molecular complexity index is 169. The van der Waals surface area contributed by atoms with Crippen molar-refractivity contribution in [2.45, 2.75) is 44.9 Å². The molecule has 14 heavy (non-hydrogen) atoms. The van der Waals surface area contributed by atoms with Crippen LogP contribution in [-0.2, 0) is 4.79 Å². The van der Waals surface area contributed by atoms with E-state index >= 15 is 0 Å². The van der Waals surface area contributed by atoms with Crippen molar-refractivity contribution in [3.8, 4) is 0 Å². The van der Waals surface area contributed by atoms with Crippen LogP contribution in [0, 0.1) is 5.92 Å². The van der Waals surface area contributed by atoms with Gasteiger partial charge >= 0.3 is 0 Å². The Hall–Kier alpha value is -0.0500. The third kappa shape index (κ3) is 6.41. The van der Waals surface area contributed by atoms with Crippen molar-refractivity contribution in [1.29, 1.82) is 0 Å². The van der Waals surface area contributed by atoms with Crippen molar-refractivity contribution in [3.05, 3.63) is 0 Å². The number of unbranched alkanes of at least 4 members (excludes halogenated alkanes) is 1. The first-order valence-electron chi connectivity index (χ1n) is 5.65. The number of halogens is 1. The van der Waals surface area contributed by atoms with E-state index in [1.54, 1.807) is 0 Å². The van der Waals surface area contributed by atoms with Gasteiger partial charge in [-0.3, -0.25) is 4.79 Å². The Morgan fingerprint density at radius 3 is 2.71 bits per heavy atom. The molecule has 3 heteroatoms. The summed E-state index contributed by atoms with van der Waals surface area (Å²) in [4.78, 5) is 11.3. The predicted octanol–water partition coefficient (Wildman–Crippen LogP) is 2.86. The van der Waals surface area contributed by atoms with Gasteiger partial charge in [0.15, 0.2) is 0 Å². The lowest BCUT2D eigenvalue weighted by atomic mass is 10.2. The Labute approximate surface area is 95.0 Å². The smallest absolute Gasteiger partial charge is 0.219 e. The fourth-order valence-electron chi connectivity index (χ4n) is 1.49. The van der Waals surface area contributed by atoms with Gasteiger partial charge in [0, 0.05) is 18.3 Å². The maximum Gasteiger partial charge on any atom is 0.219 e. The summed E-state index contributed by atoms with van der Waals surface area (Å²) in [5.74, 6) is 1.21. The van der Waals surface area contributed by atoms with Crippen LogP contribution in [0.25, 0.3) is 0 Å². The van der Waals surface area contributed by atoms with Gasteiger partial charge in [-0.15, -0.1) is 0 Å². The lowest BCUT2D eigenvalue weighted by Gasteiger charge is -2.03. The van der Waals surface area contributed by atoms with Crippen LogP contribution in [0.2, 0.25) is 0 Å². The van der Waals surface area contributed by atoms with Gasteiger partial charge in [-0.25, -0.2) is 0 Å². The molecule has 1 rings (SSSR count). The highest BCUT2D eigenvalue weighted by Gasteiger charge is 2.19. The van der Waals surface area contributed by atoms with E-state index in [-0.39, 0.29) is 5.91 Å². The molecule has 2 nitrogen and oxygen atoms in total. The summed E-state index contributed by atoms with van der Waals surface area (Å²) in [7, 11) is 0. The molecular formula is C11H20BrNO. The molecule has 1 fully saturated rings. The summed E-state index contributed by atoms with van der Waals surface area (Å²) >= 11 is 3.35. The highest BCUT2D eigenvalue weighted by Crippen LogP contribution is 2.33. The van der Waals surface area contributed by atoms with E-state index in [0.29, 0.717) is 6.42 Å². The van der Waals surface area contributed by atoms with Crippen molar-refractivity contribution in [2.24, 2.45) is 5.92 Å². The first-order valence-corrected chi connectivity index (χ1v) is 6.77. The average molecular weight is 262 g/mol. The van der Waals surface area contributed by atoms with E-state index in [1.807, 2.05) is 0 Å². The summed E-state index contributed by atoms with van der Waals surface area (Å²) in [5, 5.41) is 3.97. The molecule has 1 aliphatic rings. The second kappa shape index (κ2) is 7.27. The van der Waals surface area contributed by atoms with Crippen molar-refractivity contribution in [1.82, 2.24) is 5.32 Å². The molecule has 0 unspecified atom stereocenters. The first-order chi connectivity index (χ1) is 6.83. The molecule has 0 radical (unpaired) electrons. The Morgan fingerprint density at radius 1 is 1.29 bits per heavy atom. The van der Waals surface area contributed by atoms with Crippen molar-refractivity contribution in [3.63, 3.8) is 0 Å². The molecule has 0 bridgehead atoms. The molecule has 0 aromatic carbocycles. The number of nitrogens with one attached hydrogen (secondary N) is 1. The van der Waals surface area contributed by atoms with Crippen LogP contribution in [0.5, 0.6) is 0 Å². The number of rotatable bonds is 8. The quantitative estimate of drug-likeness (QED) is 0.529. The van der Waals surface area contributed by atoms with Gasteiger partial charge in [-0.05, 0) is 31.6 Å². The summed E-state index contributed by atoms with van der Waals surface area (Å²) in [6.07, 6.45) is 8.08. The van der Waals surface area contributed by atoms with Crippen LogP contribution in [0.15, 0.2) is 0 Å². The van der Waals surface area contributed by atoms with E-state index in [1.165, 1.54) is 19.3 Å². The molecule has 1 aliphatic carbocycles. The van der Waals surface area contributed by atoms with Gasteiger partial charge < -0.3 is 5.32 Å². The maximum absolute atomic E-state index is 11.3. The van der Waals surface area contributed by atoms with Crippen LogP contribution in [0.4, 0.5) is 0 Å². The number of carbonyl (C=O) groups excluding carboxylic acids is 1. The molecule has 1 saturated carbocycles. The predicted molar refractivity (Wildman–Crippen MR) is 62.6 cm³/mol. The maximum atomic E-state index is 11.3. The Kier molecular flexibility index (Phi) is 6.24. The lowest BCUT2D eigenvalue weighted by molar-refractivity contribution is -0.121. The molecule has 0 aliphatic heterocycles. The van der Waals surface area contributed by atoms with Gasteiger partial charge in [0.2, 0.25) is 5.91 Å². The Morgan fingerprint density at radius 2 is 2.07 bits per heavy atom. The largest absolute Gasteiger partial charge is 0.356 e. The zero-order chi connectivity index (χ0) is 10.2. The third-order valence-corrected chi connectivity index (χ3v) is 3.16. The van der Waals surface area contributed by atoms with Gasteiger partial charge in [-0.2, -0.15) is 0 Å². The molecule has 0 saturated heterocycles. The van der Waals surface area contributed by atoms with Crippen LogP contribution in [0.3, 0.4) is 0 Å². The van der Waals surface area contributed by atoms with Crippen molar-refractivity contribution < 1.29 is 4.79 Å². The minimum Gasteiger partial charge on any atom is -0.356 e. The molecule has 0 atom stereocenters. The summed E-state index contributed by atoms with van der Waals surface area (Å²) < 4.78 is 0. The third-order valence-electron chi connectivity index (χ3n) is 2.60. The SMILES string of the molecule is O=C(CCCCBr)NCCCC1CC1. The second-order valence-electron chi connectivity index (χ2n) is 4.08. The van der Waals surface area contributed by atoms with Crippen molar-refractivity contribution >= 4 is 21.8 Å². The molecule has 0 spiro atoms. The van der Waals surface area contributed by atoms with Gasteiger partial charge in [0.25, 0.3) is 0 Å². The minimum atomic E-state index is 0.224. The molecular weight excluding hydrogens is 242 g/mol. The zero-order valence-corrected chi connectivity index (χ0v) is 10.3. The van der Waals surface area contributed by atoms with E-state index in [4.69, 9.17) is 0 Å². The first kappa shape index (κ1) is 12.0. The topological polar surface area (TPSA) is 29.1 Å². The van der Waals surface area contributed by atoms with Gasteiger partial charge in [0.1, 0.15) is 0 Å². The number of carbonyl (C=O) groups is 1. The summed E-state index contributed by atoms with van der Waals surface area (Å²) in [6, 6.07) is 0. The van der Waals surface area contributed by atoms with Crippen LogP contribution in [-0.4, -0.2) is 17.8 Å². The molecule has 0 aromatic rings. The molecule has 0 aromatic heterocycles.